The van der Waals surface area contributed by atoms with Gasteiger partial charge in [0.25, 0.3) is 0 Å². The summed E-state index contributed by atoms with van der Waals surface area (Å²) in [5.74, 6) is 0.551. The summed E-state index contributed by atoms with van der Waals surface area (Å²) < 4.78 is 21.7. The predicted octanol–water partition coefficient (Wildman–Crippen LogP) is 2.75. The first kappa shape index (κ1) is 15.0. The quantitative estimate of drug-likeness (QED) is 0.882. The van der Waals surface area contributed by atoms with Gasteiger partial charge in [-0.3, -0.25) is 0 Å². The van der Waals surface area contributed by atoms with Gasteiger partial charge in [0.05, 0.1) is 7.11 Å². The number of methoxy groups -OCH3 is 1. The molecule has 0 aromatic heterocycles. The average Bonchev–Trinajstić information content (AvgIpc) is 2.99. The Hall–Kier alpha value is -2.60. The van der Waals surface area contributed by atoms with E-state index in [4.69, 9.17) is 18.9 Å². The molecule has 2 aromatic carbocycles. The molecule has 2 atom stereocenters. The van der Waals surface area contributed by atoms with Gasteiger partial charge in [0.2, 0.25) is 12.6 Å². The normalized spacial score (nSPS) is 24.2. The molecule has 6 heteroatoms. The summed E-state index contributed by atoms with van der Waals surface area (Å²) in [7, 11) is 1.50. The lowest BCUT2D eigenvalue weighted by Gasteiger charge is -2.36. The maximum absolute atomic E-state index is 10.5. The molecule has 2 aliphatic rings. The Morgan fingerprint density at radius 3 is 2.62 bits per heavy atom. The zero-order chi connectivity index (χ0) is 16.9. The van der Waals surface area contributed by atoms with Gasteiger partial charge in [-0.05, 0) is 12.1 Å². The van der Waals surface area contributed by atoms with Gasteiger partial charge >= 0.3 is 0 Å². The fraction of sp³-hybridized carbons (Fsp3) is 0.333. The minimum absolute atomic E-state index is 0.0614. The summed E-state index contributed by atoms with van der Waals surface area (Å²) in [6.07, 6.45) is 0.292. The Labute approximate surface area is 139 Å². The Morgan fingerprint density at radius 1 is 1.12 bits per heavy atom. The topological polar surface area (TPSA) is 77.4 Å². The molecule has 0 radical (unpaired) electrons. The Bertz CT molecular complexity index is 798. The number of fused-ring (bicyclic) bond motifs is 2. The molecule has 2 heterocycles. The van der Waals surface area contributed by atoms with E-state index in [0.29, 0.717) is 35.0 Å². The summed E-state index contributed by atoms with van der Waals surface area (Å²) >= 11 is 0. The maximum atomic E-state index is 10.5. The van der Waals surface area contributed by atoms with Crippen LogP contribution in [-0.2, 0) is 0 Å². The number of hydrogen-bond acceptors (Lipinski definition) is 6. The van der Waals surface area contributed by atoms with Crippen LogP contribution in [0.5, 0.6) is 28.7 Å². The van der Waals surface area contributed by atoms with Crippen molar-refractivity contribution in [2.24, 2.45) is 0 Å². The Balaban J connectivity index is 1.88. The van der Waals surface area contributed by atoms with Gasteiger partial charge in [0, 0.05) is 36.5 Å². The second-order valence-electron chi connectivity index (χ2n) is 6.18. The molecule has 4 rings (SSSR count). The highest BCUT2D eigenvalue weighted by molar-refractivity contribution is 5.58. The number of phenols is 1. The molecule has 24 heavy (non-hydrogen) atoms. The standard InChI is InChI=1S/C18H18O6/c1-18(20)8-12(10-4-3-5-13(21-2)17(10)19)11-6-15-16(23-9-22-15)7-14(11)24-18/h3-7,12,19-20H,8-9H2,1-2H3/t12-,18-/m0/s1. The monoisotopic (exact) mass is 330 g/mol. The number of ether oxygens (including phenoxy) is 4. The number of phenolic OH excluding ortho intramolecular Hbond substituents is 1. The van der Waals surface area contributed by atoms with E-state index in [1.807, 2.05) is 18.2 Å². The van der Waals surface area contributed by atoms with Crippen LogP contribution in [-0.4, -0.2) is 29.9 Å². The summed E-state index contributed by atoms with van der Waals surface area (Å²) in [4.78, 5) is 0. The van der Waals surface area contributed by atoms with Gasteiger partial charge in [-0.2, -0.15) is 0 Å². The van der Waals surface area contributed by atoms with E-state index in [1.165, 1.54) is 7.11 Å². The highest BCUT2D eigenvalue weighted by Crippen LogP contribution is 2.51. The lowest BCUT2D eigenvalue weighted by atomic mass is 9.82. The van der Waals surface area contributed by atoms with Crippen molar-refractivity contribution in [3.8, 4) is 28.7 Å². The molecule has 0 unspecified atom stereocenters. The second-order valence-corrected chi connectivity index (χ2v) is 6.18. The molecule has 2 aromatic rings. The van der Waals surface area contributed by atoms with Crippen molar-refractivity contribution in [2.75, 3.05) is 13.9 Å². The average molecular weight is 330 g/mol. The van der Waals surface area contributed by atoms with Crippen LogP contribution in [0.25, 0.3) is 0 Å². The molecule has 0 amide bonds. The Kier molecular flexibility index (Phi) is 3.25. The van der Waals surface area contributed by atoms with E-state index in [1.54, 1.807) is 19.1 Å². The number of benzene rings is 2. The molecular formula is C18H18O6. The minimum atomic E-state index is -1.36. The SMILES string of the molecule is COc1cccc([C@@H]2C[C@@](C)(O)Oc3cc4c(cc32)OCO4)c1O. The number of rotatable bonds is 2. The van der Waals surface area contributed by atoms with Crippen LogP contribution in [0.15, 0.2) is 30.3 Å². The van der Waals surface area contributed by atoms with Gasteiger partial charge in [-0.15, -0.1) is 0 Å². The molecule has 0 fully saturated rings. The molecule has 6 nitrogen and oxygen atoms in total. The third-order valence-corrected chi connectivity index (χ3v) is 4.42. The van der Waals surface area contributed by atoms with Crippen LogP contribution in [0.2, 0.25) is 0 Å². The van der Waals surface area contributed by atoms with Crippen molar-refractivity contribution >= 4 is 0 Å². The number of para-hydroxylation sites is 1. The van der Waals surface area contributed by atoms with Crippen LogP contribution in [0.3, 0.4) is 0 Å². The van der Waals surface area contributed by atoms with Crippen molar-refractivity contribution in [2.45, 2.75) is 25.0 Å². The first-order valence-corrected chi connectivity index (χ1v) is 7.69. The van der Waals surface area contributed by atoms with E-state index < -0.39 is 5.79 Å². The first-order valence-electron chi connectivity index (χ1n) is 7.69. The molecule has 2 aliphatic heterocycles. The molecule has 0 bridgehead atoms. The summed E-state index contributed by atoms with van der Waals surface area (Å²) in [5.41, 5.74) is 1.49. The molecular weight excluding hydrogens is 312 g/mol. The van der Waals surface area contributed by atoms with Gasteiger partial charge in [0.15, 0.2) is 23.0 Å². The summed E-state index contributed by atoms with van der Waals surface area (Å²) in [5, 5.41) is 21.0. The molecule has 0 saturated heterocycles. The zero-order valence-electron chi connectivity index (χ0n) is 13.4. The van der Waals surface area contributed by atoms with Crippen LogP contribution >= 0.6 is 0 Å². The fourth-order valence-corrected chi connectivity index (χ4v) is 3.33. The van der Waals surface area contributed by atoms with Gasteiger partial charge in [-0.1, -0.05) is 12.1 Å². The van der Waals surface area contributed by atoms with Crippen molar-refractivity contribution < 1.29 is 29.2 Å². The highest BCUT2D eigenvalue weighted by atomic mass is 16.7. The Morgan fingerprint density at radius 2 is 1.88 bits per heavy atom. The van der Waals surface area contributed by atoms with Crippen LogP contribution in [0.4, 0.5) is 0 Å². The third kappa shape index (κ3) is 2.30. The van der Waals surface area contributed by atoms with E-state index in [-0.39, 0.29) is 18.5 Å². The van der Waals surface area contributed by atoms with E-state index >= 15 is 0 Å². The summed E-state index contributed by atoms with van der Waals surface area (Å²) in [6.45, 7) is 1.76. The van der Waals surface area contributed by atoms with Crippen LogP contribution in [0, 0.1) is 0 Å². The van der Waals surface area contributed by atoms with Crippen molar-refractivity contribution in [1.29, 1.82) is 0 Å². The largest absolute Gasteiger partial charge is 0.504 e. The first-order chi connectivity index (χ1) is 11.5. The van der Waals surface area contributed by atoms with E-state index in [0.717, 1.165) is 5.56 Å². The smallest absolute Gasteiger partial charge is 0.231 e. The van der Waals surface area contributed by atoms with Gasteiger partial charge in [0.1, 0.15) is 5.75 Å². The predicted molar refractivity (Wildman–Crippen MR) is 84.9 cm³/mol. The fourth-order valence-electron chi connectivity index (χ4n) is 3.33. The third-order valence-electron chi connectivity index (χ3n) is 4.42. The molecule has 0 saturated carbocycles. The maximum Gasteiger partial charge on any atom is 0.231 e. The zero-order valence-corrected chi connectivity index (χ0v) is 13.4. The number of aromatic hydroxyl groups is 1. The summed E-state index contributed by atoms with van der Waals surface area (Å²) in [6, 6.07) is 8.88. The van der Waals surface area contributed by atoms with Crippen LogP contribution in [0.1, 0.15) is 30.4 Å². The van der Waals surface area contributed by atoms with E-state index in [9.17, 15) is 10.2 Å². The van der Waals surface area contributed by atoms with Crippen molar-refractivity contribution in [1.82, 2.24) is 0 Å². The van der Waals surface area contributed by atoms with Gasteiger partial charge < -0.3 is 29.2 Å². The highest BCUT2D eigenvalue weighted by Gasteiger charge is 2.39. The van der Waals surface area contributed by atoms with E-state index in [2.05, 4.69) is 0 Å². The van der Waals surface area contributed by atoms with Crippen molar-refractivity contribution in [3.05, 3.63) is 41.5 Å². The molecule has 2 N–H and O–H groups in total. The van der Waals surface area contributed by atoms with Crippen LogP contribution < -0.4 is 18.9 Å². The van der Waals surface area contributed by atoms with Crippen molar-refractivity contribution in [3.63, 3.8) is 0 Å². The molecule has 126 valence electrons. The van der Waals surface area contributed by atoms with Gasteiger partial charge in [-0.25, -0.2) is 0 Å². The lowest BCUT2D eigenvalue weighted by Crippen LogP contribution is -2.38. The number of hydrogen-bond donors (Lipinski definition) is 2. The molecule has 0 aliphatic carbocycles. The lowest BCUT2D eigenvalue weighted by molar-refractivity contribution is -0.137. The molecule has 0 spiro atoms. The number of aliphatic hydroxyl groups is 1. The second kappa shape index (κ2) is 5.21. The minimum Gasteiger partial charge on any atom is -0.504 e.